The lowest BCUT2D eigenvalue weighted by atomic mass is 9.67. The number of carbonyl (C=O) groups is 1. The van der Waals surface area contributed by atoms with Crippen molar-refractivity contribution in [2.24, 2.45) is 5.92 Å². The molecule has 1 aromatic rings. The van der Waals surface area contributed by atoms with Crippen molar-refractivity contribution in [3.05, 3.63) is 29.3 Å². The van der Waals surface area contributed by atoms with Gasteiger partial charge in [0.15, 0.2) is 0 Å². The van der Waals surface area contributed by atoms with Crippen molar-refractivity contribution < 1.29 is 9.53 Å². The van der Waals surface area contributed by atoms with E-state index in [4.69, 9.17) is 4.74 Å². The molecule has 1 saturated heterocycles. The van der Waals surface area contributed by atoms with Gasteiger partial charge < -0.3 is 14.5 Å². The van der Waals surface area contributed by atoms with Gasteiger partial charge >= 0.3 is 6.09 Å². The van der Waals surface area contributed by atoms with E-state index >= 15 is 0 Å². The van der Waals surface area contributed by atoms with Crippen molar-refractivity contribution in [3.8, 4) is 5.75 Å². The van der Waals surface area contributed by atoms with Crippen LogP contribution in [0, 0.1) is 12.8 Å². The second-order valence-corrected chi connectivity index (χ2v) is 8.97. The fraction of sp³-hybridized carbons (Fsp3) is 0.720. The highest BCUT2D eigenvalue weighted by atomic mass is 16.6. The summed E-state index contributed by atoms with van der Waals surface area (Å²) in [5, 5.41) is 0. The second-order valence-electron chi connectivity index (χ2n) is 8.97. The van der Waals surface area contributed by atoms with Gasteiger partial charge in [0.25, 0.3) is 0 Å². The van der Waals surface area contributed by atoms with Gasteiger partial charge in [-0.05, 0) is 64.3 Å². The number of amides is 1. The summed E-state index contributed by atoms with van der Waals surface area (Å²) in [7, 11) is 0. The predicted octanol–water partition coefficient (Wildman–Crippen LogP) is 6.02. The van der Waals surface area contributed by atoms with Crippen LogP contribution in [0.5, 0.6) is 5.75 Å². The van der Waals surface area contributed by atoms with E-state index in [1.165, 1.54) is 37.8 Å². The van der Waals surface area contributed by atoms with E-state index in [0.717, 1.165) is 30.8 Å². The van der Waals surface area contributed by atoms with Crippen LogP contribution in [0.4, 0.5) is 4.79 Å². The van der Waals surface area contributed by atoms with Crippen LogP contribution in [0.25, 0.3) is 0 Å². The number of carbonyl (C=O) groups excluding carboxylic acids is 1. The average molecular weight is 403 g/mol. The largest absolute Gasteiger partial charge is 0.415 e. The molecule has 0 bridgehead atoms. The Bertz CT molecular complexity index is 656. The van der Waals surface area contributed by atoms with E-state index in [9.17, 15) is 4.79 Å². The molecular weight excluding hydrogens is 360 g/mol. The summed E-state index contributed by atoms with van der Waals surface area (Å²) in [6, 6.07) is 6.37. The summed E-state index contributed by atoms with van der Waals surface area (Å²) < 4.78 is 5.93. The normalized spacial score (nSPS) is 22.5. The van der Waals surface area contributed by atoms with Crippen molar-refractivity contribution in [3.63, 3.8) is 0 Å². The Labute approximate surface area is 178 Å². The van der Waals surface area contributed by atoms with Gasteiger partial charge in [0.1, 0.15) is 5.75 Å². The Morgan fingerprint density at radius 3 is 2.55 bits per heavy atom. The van der Waals surface area contributed by atoms with Crippen molar-refractivity contribution in [2.45, 2.75) is 79.1 Å². The SMILES string of the molecule is CCCCCCN1CCC(C)(c2ccc(C)cc2OC(=O)N(CC)CC)C(C)C1. The molecule has 164 valence electrons. The van der Waals surface area contributed by atoms with Gasteiger partial charge in [0.2, 0.25) is 0 Å². The van der Waals surface area contributed by atoms with Crippen molar-refractivity contribution >= 4 is 6.09 Å². The first-order valence-electron chi connectivity index (χ1n) is 11.7. The van der Waals surface area contributed by atoms with E-state index in [0.29, 0.717) is 19.0 Å². The summed E-state index contributed by atoms with van der Waals surface area (Å²) in [6.07, 6.45) is 6.12. The van der Waals surface area contributed by atoms with Crippen molar-refractivity contribution in [1.82, 2.24) is 9.80 Å². The number of rotatable bonds is 9. The molecule has 0 spiro atoms. The van der Waals surface area contributed by atoms with Crippen molar-refractivity contribution in [1.29, 1.82) is 0 Å². The molecular formula is C25H42N2O2. The number of hydrogen-bond donors (Lipinski definition) is 0. The molecule has 0 radical (unpaired) electrons. The highest BCUT2D eigenvalue weighted by molar-refractivity contribution is 5.71. The quantitative estimate of drug-likeness (QED) is 0.474. The molecule has 4 nitrogen and oxygen atoms in total. The fourth-order valence-corrected chi connectivity index (χ4v) is 4.51. The molecule has 0 aliphatic carbocycles. The zero-order valence-electron chi connectivity index (χ0n) is 19.6. The third-order valence-corrected chi connectivity index (χ3v) is 6.87. The molecule has 2 unspecified atom stereocenters. The van der Waals surface area contributed by atoms with E-state index in [2.05, 4.69) is 44.7 Å². The third kappa shape index (κ3) is 5.97. The Morgan fingerprint density at radius 1 is 1.21 bits per heavy atom. The second kappa shape index (κ2) is 11.0. The maximum Gasteiger partial charge on any atom is 0.415 e. The molecule has 1 aliphatic heterocycles. The summed E-state index contributed by atoms with van der Waals surface area (Å²) >= 11 is 0. The smallest absolute Gasteiger partial charge is 0.410 e. The van der Waals surface area contributed by atoms with Crippen LogP contribution in [0.3, 0.4) is 0 Å². The van der Waals surface area contributed by atoms with Gasteiger partial charge in [-0.3, -0.25) is 0 Å². The fourth-order valence-electron chi connectivity index (χ4n) is 4.51. The zero-order valence-corrected chi connectivity index (χ0v) is 19.6. The third-order valence-electron chi connectivity index (χ3n) is 6.87. The first-order chi connectivity index (χ1) is 13.8. The highest BCUT2D eigenvalue weighted by Gasteiger charge is 2.40. The van der Waals surface area contributed by atoms with Crippen LogP contribution in [0.15, 0.2) is 18.2 Å². The van der Waals surface area contributed by atoms with Crippen LogP contribution in [0.2, 0.25) is 0 Å². The number of unbranched alkanes of at least 4 members (excludes halogenated alkanes) is 3. The number of likely N-dealkylation sites (tertiary alicyclic amines) is 1. The van der Waals surface area contributed by atoms with E-state index in [1.54, 1.807) is 4.90 Å². The van der Waals surface area contributed by atoms with E-state index in [1.807, 2.05) is 19.9 Å². The minimum atomic E-state index is -0.244. The van der Waals surface area contributed by atoms with Crippen LogP contribution in [0.1, 0.15) is 77.8 Å². The van der Waals surface area contributed by atoms with Gasteiger partial charge in [-0.2, -0.15) is 0 Å². The van der Waals surface area contributed by atoms with Gasteiger partial charge in [-0.15, -0.1) is 0 Å². The number of ether oxygens (including phenoxy) is 1. The molecule has 1 fully saturated rings. The molecule has 4 heteroatoms. The molecule has 1 aliphatic rings. The first-order valence-corrected chi connectivity index (χ1v) is 11.7. The summed E-state index contributed by atoms with van der Waals surface area (Å²) in [5.74, 6) is 1.25. The monoisotopic (exact) mass is 402 g/mol. The molecule has 29 heavy (non-hydrogen) atoms. The van der Waals surface area contributed by atoms with Crippen LogP contribution >= 0.6 is 0 Å². The number of aryl methyl sites for hydroxylation is 1. The topological polar surface area (TPSA) is 32.8 Å². The lowest BCUT2D eigenvalue weighted by Gasteiger charge is -2.45. The van der Waals surface area contributed by atoms with Gasteiger partial charge in [-0.25, -0.2) is 4.79 Å². The van der Waals surface area contributed by atoms with Crippen LogP contribution < -0.4 is 4.74 Å². The van der Waals surface area contributed by atoms with Gasteiger partial charge in [-0.1, -0.05) is 52.2 Å². The molecule has 1 aromatic carbocycles. The number of benzene rings is 1. The van der Waals surface area contributed by atoms with Crippen LogP contribution in [-0.2, 0) is 5.41 Å². The number of nitrogens with zero attached hydrogens (tertiary/aromatic N) is 2. The Balaban J connectivity index is 2.15. The standard InChI is InChI=1S/C25H42N2O2/c1-7-10-11-12-16-26-17-15-25(6,21(5)19-26)22-14-13-20(4)18-23(22)29-24(28)27(8-2)9-3/h13-14,18,21H,7-12,15-17,19H2,1-6H3. The average Bonchev–Trinajstić information content (AvgIpc) is 2.69. The highest BCUT2D eigenvalue weighted by Crippen LogP contribution is 2.43. The Hall–Kier alpha value is -1.55. The maximum atomic E-state index is 12.6. The van der Waals surface area contributed by atoms with E-state index in [-0.39, 0.29) is 11.5 Å². The first kappa shape index (κ1) is 23.7. The molecule has 2 atom stereocenters. The van der Waals surface area contributed by atoms with Crippen LogP contribution in [-0.4, -0.2) is 48.6 Å². The molecule has 0 aromatic heterocycles. The molecule has 0 N–H and O–H groups in total. The molecule has 1 heterocycles. The number of hydrogen-bond acceptors (Lipinski definition) is 3. The molecule has 1 amide bonds. The lowest BCUT2D eigenvalue weighted by molar-refractivity contribution is 0.106. The lowest BCUT2D eigenvalue weighted by Crippen LogP contribution is -2.47. The van der Waals surface area contributed by atoms with Crippen molar-refractivity contribution in [2.75, 3.05) is 32.7 Å². The van der Waals surface area contributed by atoms with E-state index < -0.39 is 0 Å². The zero-order chi connectivity index (χ0) is 21.4. The molecule has 2 rings (SSSR count). The number of piperidine rings is 1. The summed E-state index contributed by atoms with van der Waals surface area (Å²) in [4.78, 5) is 17.0. The summed E-state index contributed by atoms with van der Waals surface area (Å²) in [5.41, 5.74) is 2.33. The minimum Gasteiger partial charge on any atom is -0.410 e. The Morgan fingerprint density at radius 2 is 1.93 bits per heavy atom. The predicted molar refractivity (Wildman–Crippen MR) is 122 cm³/mol. The molecule has 0 saturated carbocycles. The minimum absolute atomic E-state index is 0.0203. The maximum absolute atomic E-state index is 12.6. The van der Waals surface area contributed by atoms with Gasteiger partial charge in [0.05, 0.1) is 0 Å². The van der Waals surface area contributed by atoms with Gasteiger partial charge in [0, 0.05) is 30.6 Å². The Kier molecular flexibility index (Phi) is 9.01. The summed E-state index contributed by atoms with van der Waals surface area (Å²) in [6.45, 7) is 17.8.